The fourth-order valence-corrected chi connectivity index (χ4v) is 16.9. The van der Waals surface area contributed by atoms with E-state index in [1.807, 2.05) is 23.6 Å². The average Bonchev–Trinajstić information content (AvgIpc) is 0.817. The number of ether oxygens (including phenoxy) is 15. The van der Waals surface area contributed by atoms with E-state index in [0.717, 1.165) is 21.4 Å². The summed E-state index contributed by atoms with van der Waals surface area (Å²) in [6.07, 6.45) is -14.1. The number of carboxylic acids is 1. The highest BCUT2D eigenvalue weighted by molar-refractivity contribution is 9.11. The molecule has 6 aromatic rings. The zero-order valence-electron chi connectivity index (χ0n) is 62.9. The van der Waals surface area contributed by atoms with E-state index in [1.165, 1.54) is 127 Å². The van der Waals surface area contributed by atoms with Crippen LogP contribution in [0.25, 0.3) is 0 Å². The number of carbonyl (C=O) groups excluding carboxylic acids is 10. The van der Waals surface area contributed by atoms with Crippen molar-refractivity contribution >= 4 is 182 Å². The van der Waals surface area contributed by atoms with E-state index in [-0.39, 0.29) is 49.5 Å². The number of carboxylic acid groups (broad SMARTS) is 1. The third kappa shape index (κ3) is 23.3. The Balaban J connectivity index is 0.000000252. The Hall–Kier alpha value is -6.84. The van der Waals surface area contributed by atoms with Crippen molar-refractivity contribution < 1.29 is 134 Å². The van der Waals surface area contributed by atoms with Gasteiger partial charge in [0.05, 0.1) is 31.8 Å². The number of thiophene rings is 3. The van der Waals surface area contributed by atoms with Crippen LogP contribution in [-0.2, 0) is 132 Å². The molecule has 610 valence electrons. The van der Waals surface area contributed by atoms with Gasteiger partial charge in [-0.05, 0) is 139 Å². The number of esters is 9. The Morgan fingerprint density at radius 2 is 0.759 bits per heavy atom. The molecule has 0 radical (unpaired) electrons. The molecule has 4 unspecified atom stereocenters. The first-order valence-corrected chi connectivity index (χ1v) is 40.0. The Labute approximate surface area is 697 Å². The molecule has 6 heterocycles. The van der Waals surface area contributed by atoms with Crippen LogP contribution in [0.3, 0.4) is 0 Å². The first-order valence-electron chi connectivity index (χ1n) is 34.0. The number of methoxy groups -OCH3 is 3. The fraction of sp³-hybridized carbons (Fsp3) is 0.453. The maximum absolute atomic E-state index is 13.3. The monoisotopic (exact) mass is 1870 g/mol. The zero-order chi connectivity index (χ0) is 83.6. The van der Waals surface area contributed by atoms with Crippen LogP contribution in [0.5, 0.6) is 0 Å². The quantitative estimate of drug-likeness (QED) is 0.0342. The lowest BCUT2D eigenvalue weighted by Gasteiger charge is -2.50. The summed E-state index contributed by atoms with van der Waals surface area (Å²) in [5.74, 6) is -13.4. The van der Waals surface area contributed by atoms with Crippen molar-refractivity contribution in [2.75, 3.05) is 21.3 Å². The van der Waals surface area contributed by atoms with E-state index in [9.17, 15) is 63.0 Å². The number of ketones is 1. The molecule has 28 nitrogen and oxygen atoms in total. The molecule has 16 atom stereocenters. The maximum atomic E-state index is 13.3. The summed E-state index contributed by atoms with van der Waals surface area (Å²) >= 11 is 33.2. The van der Waals surface area contributed by atoms with Crippen molar-refractivity contribution in [2.45, 2.75) is 199 Å². The minimum Gasteiger partial charge on any atom is -0.478 e. The molecule has 0 spiro atoms. The highest BCUT2D eigenvalue weighted by Gasteiger charge is 2.64. The van der Waals surface area contributed by atoms with Crippen LogP contribution in [0.1, 0.15) is 161 Å². The number of hydrogen-bond acceptors (Lipinski definition) is 30. The van der Waals surface area contributed by atoms with E-state index >= 15 is 0 Å². The van der Waals surface area contributed by atoms with Gasteiger partial charge in [-0.25, -0.2) is 4.79 Å². The third-order valence-corrected chi connectivity index (χ3v) is 22.7. The summed E-state index contributed by atoms with van der Waals surface area (Å²) in [4.78, 5) is 134. The van der Waals surface area contributed by atoms with Crippen LogP contribution in [0.15, 0.2) is 108 Å². The summed E-state index contributed by atoms with van der Waals surface area (Å²) in [7, 11) is 3.93. The molecule has 3 saturated heterocycles. The standard InChI is InChI=1S/C25H28BrClO9S.C25H26BrClO9S.C21H25ClO10.C4H3BrS/c2*1-6-18-22(33-12(2)28)23(34-13(3)29)24(35-14(4)30)25(32-5,36-18)15-7-8-17(27)16(11-15)21(31)19-9-10-20(26)37-19;1-6-16-17(29-10(2)23)18(30-11(3)24)19(31-12(4)25)21(28-5,32-16)13-7-8-15(22)14(9-13)20(26)27;5-4-2-1-3-6-4/h7-11,18,21-24,31H,6H2,1-5H3;7-11,18,22-24H,6H2,1-5H3;7-9,16-19H,6H2,1-5H3,(H,26,27);1-3H/t18-,21?,22-,23+,24-,25?;18-,22-,23+,24-,25?;16-,17-,18+,19-,21?;/m111./s1. The highest BCUT2D eigenvalue weighted by atomic mass is 79.9. The zero-order valence-corrected chi connectivity index (χ0v) is 72.3. The normalized spacial score (nSPS) is 25.3. The van der Waals surface area contributed by atoms with Gasteiger partial charge in [0.1, 0.15) is 24.4 Å². The molecule has 3 fully saturated rings. The van der Waals surface area contributed by atoms with Crippen LogP contribution in [-0.4, -0.2) is 170 Å². The van der Waals surface area contributed by atoms with Crippen molar-refractivity contribution in [1.29, 1.82) is 0 Å². The number of aliphatic hydroxyl groups is 1. The summed E-state index contributed by atoms with van der Waals surface area (Å²) in [5.41, 5.74) is 1.03. The smallest absolute Gasteiger partial charge is 0.337 e. The molecule has 2 N–H and O–H groups in total. The number of aromatic carboxylic acids is 1. The van der Waals surface area contributed by atoms with Crippen molar-refractivity contribution in [3.8, 4) is 0 Å². The van der Waals surface area contributed by atoms with Gasteiger partial charge in [0.2, 0.25) is 41.5 Å². The summed E-state index contributed by atoms with van der Waals surface area (Å²) in [6.45, 7) is 15.9. The first-order chi connectivity index (χ1) is 52.7. The van der Waals surface area contributed by atoms with Gasteiger partial charge >= 0.3 is 59.7 Å². The van der Waals surface area contributed by atoms with E-state index in [2.05, 4.69) is 47.8 Å². The van der Waals surface area contributed by atoms with Gasteiger partial charge in [-0.15, -0.1) is 34.0 Å². The van der Waals surface area contributed by atoms with Gasteiger partial charge in [0.25, 0.3) is 0 Å². The number of hydrogen-bond donors (Lipinski definition) is 2. The van der Waals surface area contributed by atoms with Crippen LogP contribution in [0, 0.1) is 0 Å². The van der Waals surface area contributed by atoms with E-state index in [1.54, 1.807) is 74.6 Å². The first kappa shape index (κ1) is 94.0. The second-order valence-electron chi connectivity index (χ2n) is 24.7. The highest BCUT2D eigenvalue weighted by Crippen LogP contribution is 2.49. The minimum absolute atomic E-state index is 0.0336. The SMILES string of the molecule is Brc1cccs1.CC[C@H]1OC(OC)(c2ccc(Cl)c(C(=O)O)c2)[C@H](OC(C)=O)[C@@H](OC(C)=O)[C@@H]1OC(C)=O.CC[C@H]1OC(OC)(c2ccc(Cl)c(C(=O)c3ccc(Br)s3)c2)[C@H](OC(C)=O)[C@@H](OC(C)=O)[C@@H]1OC(C)=O.CC[C@H]1OC(OC)(c2ccc(Cl)c(C(O)c3ccc(Br)s3)c2)[C@H](OC(C)=O)[C@@H](OC(C)=O)[C@@H]1OC(C)=O. The van der Waals surface area contributed by atoms with Crippen LogP contribution < -0.4 is 0 Å². The lowest BCUT2D eigenvalue weighted by molar-refractivity contribution is -0.365. The Morgan fingerprint density at radius 1 is 0.429 bits per heavy atom. The Kier molecular flexibility index (Phi) is 35.4. The van der Waals surface area contributed by atoms with Crippen LogP contribution >= 0.6 is 117 Å². The maximum Gasteiger partial charge on any atom is 0.337 e. The summed E-state index contributed by atoms with van der Waals surface area (Å²) < 4.78 is 88.7. The topological polar surface area (TPSA) is 367 Å². The van der Waals surface area contributed by atoms with E-state index < -0.39 is 156 Å². The summed E-state index contributed by atoms with van der Waals surface area (Å²) in [5, 5.41) is 23.1. The molecular formula is C75H82Br3Cl3O28S3. The molecule has 3 aliphatic rings. The van der Waals surface area contributed by atoms with E-state index in [0.29, 0.717) is 33.7 Å². The molecule has 3 aromatic heterocycles. The molecule has 0 amide bonds. The van der Waals surface area contributed by atoms with Crippen molar-refractivity contribution in [3.05, 3.63) is 166 Å². The van der Waals surface area contributed by atoms with Crippen molar-refractivity contribution in [2.24, 2.45) is 0 Å². The van der Waals surface area contributed by atoms with Gasteiger partial charge in [0, 0.05) is 121 Å². The average molecular weight is 1870 g/mol. The van der Waals surface area contributed by atoms with Gasteiger partial charge in [0.15, 0.2) is 36.6 Å². The fourth-order valence-electron chi connectivity index (χ4n) is 12.6. The molecular weight excluding hydrogens is 1790 g/mol. The minimum atomic E-state index is -1.90. The second kappa shape index (κ2) is 42.2. The number of rotatable bonds is 23. The lowest BCUT2D eigenvalue weighted by atomic mass is 9.85. The predicted octanol–water partition coefficient (Wildman–Crippen LogP) is 14.4. The number of carbonyl (C=O) groups is 11. The van der Waals surface area contributed by atoms with E-state index in [4.69, 9.17) is 106 Å². The molecule has 0 aliphatic carbocycles. The molecule has 9 rings (SSSR count). The van der Waals surface area contributed by atoms with Crippen LogP contribution in [0.2, 0.25) is 15.1 Å². The van der Waals surface area contributed by atoms with Gasteiger partial charge in [-0.1, -0.05) is 79.8 Å². The third-order valence-electron chi connectivity index (χ3n) is 16.9. The summed E-state index contributed by atoms with van der Waals surface area (Å²) in [6, 6.07) is 24.3. The molecule has 3 aliphatic heterocycles. The molecule has 37 heteroatoms. The second-order valence-corrected chi connectivity index (χ2v) is 33.2. The molecule has 0 saturated carbocycles. The number of aliphatic hydroxyl groups excluding tert-OH is 1. The lowest BCUT2D eigenvalue weighted by Crippen LogP contribution is -2.66. The molecule has 3 aromatic carbocycles. The Bertz CT molecular complexity index is 4350. The van der Waals surface area contributed by atoms with Gasteiger partial charge < -0.3 is 81.3 Å². The van der Waals surface area contributed by atoms with Crippen molar-refractivity contribution in [3.63, 3.8) is 0 Å². The number of benzene rings is 3. The van der Waals surface area contributed by atoms with Gasteiger partial charge in [-0.2, -0.15) is 0 Å². The number of halogens is 6. The largest absolute Gasteiger partial charge is 0.478 e. The molecule has 0 bridgehead atoms. The molecule has 112 heavy (non-hydrogen) atoms. The van der Waals surface area contributed by atoms with Crippen molar-refractivity contribution in [1.82, 2.24) is 0 Å². The predicted molar refractivity (Wildman–Crippen MR) is 416 cm³/mol. The van der Waals surface area contributed by atoms with Gasteiger partial charge in [-0.3, -0.25) is 47.9 Å². The van der Waals surface area contributed by atoms with Crippen LogP contribution in [0.4, 0.5) is 0 Å². The Morgan fingerprint density at radius 3 is 1.04 bits per heavy atom.